The van der Waals surface area contributed by atoms with E-state index in [1.54, 1.807) is 13.8 Å². The normalized spacial score (nSPS) is 12.5. The van der Waals surface area contributed by atoms with Crippen molar-refractivity contribution in [3.63, 3.8) is 0 Å². The van der Waals surface area contributed by atoms with E-state index in [2.05, 4.69) is 9.98 Å². The number of benzene rings is 1. The molecule has 110 valence electrons. The predicted molar refractivity (Wildman–Crippen MR) is 80.9 cm³/mol. The molecule has 0 unspecified atom stereocenters. The van der Waals surface area contributed by atoms with Crippen LogP contribution in [0.25, 0.3) is 0 Å². The Morgan fingerprint density at radius 1 is 1.25 bits per heavy atom. The minimum Gasteiger partial charge on any atom is -0.370 e. The van der Waals surface area contributed by atoms with Crippen molar-refractivity contribution in [1.29, 1.82) is 0 Å². The molecule has 9 heteroatoms. The summed E-state index contributed by atoms with van der Waals surface area (Å²) in [5.74, 6) is -0.473. The Kier molecular flexibility index (Phi) is 4.96. The molecule has 7 nitrogen and oxygen atoms in total. The van der Waals surface area contributed by atoms with Crippen LogP contribution in [0.15, 0.2) is 33.1 Å². The average Bonchev–Trinajstić information content (AvgIpc) is 2.30. The van der Waals surface area contributed by atoms with E-state index >= 15 is 0 Å². The fourth-order valence-electron chi connectivity index (χ4n) is 1.31. The highest BCUT2D eigenvalue weighted by atomic mass is 35.5. The second-order valence-electron chi connectivity index (χ2n) is 4.21. The van der Waals surface area contributed by atoms with Crippen LogP contribution in [-0.2, 0) is 9.84 Å². The molecule has 20 heavy (non-hydrogen) atoms. The lowest BCUT2D eigenvalue weighted by atomic mass is 10.3. The quantitative estimate of drug-likeness (QED) is 0.557. The van der Waals surface area contributed by atoms with E-state index in [1.807, 2.05) is 0 Å². The largest absolute Gasteiger partial charge is 0.370 e. The number of hydrogen-bond donors (Lipinski definition) is 3. The molecule has 6 N–H and O–H groups in total. The van der Waals surface area contributed by atoms with Crippen LogP contribution in [0.4, 0.5) is 5.69 Å². The van der Waals surface area contributed by atoms with E-state index in [0.29, 0.717) is 0 Å². The van der Waals surface area contributed by atoms with Crippen molar-refractivity contribution in [2.45, 2.75) is 24.0 Å². The Morgan fingerprint density at radius 2 is 1.85 bits per heavy atom. The number of guanidine groups is 2. The number of halogens is 1. The molecular weight excluding hydrogens is 302 g/mol. The van der Waals surface area contributed by atoms with Gasteiger partial charge in [-0.05, 0) is 32.0 Å². The molecule has 0 aliphatic rings. The molecule has 0 saturated heterocycles. The second-order valence-corrected chi connectivity index (χ2v) is 7.13. The van der Waals surface area contributed by atoms with Gasteiger partial charge in [-0.1, -0.05) is 11.6 Å². The van der Waals surface area contributed by atoms with Gasteiger partial charge in [0.1, 0.15) is 0 Å². The maximum Gasteiger partial charge on any atom is 0.223 e. The van der Waals surface area contributed by atoms with E-state index in [-0.39, 0.29) is 27.5 Å². The third-order valence-corrected chi connectivity index (χ3v) is 4.82. The van der Waals surface area contributed by atoms with Crippen molar-refractivity contribution in [2.24, 2.45) is 27.2 Å². The van der Waals surface area contributed by atoms with Gasteiger partial charge in [0, 0.05) is 0 Å². The number of nitrogens with two attached hydrogens (primary N) is 3. The topological polar surface area (TPSA) is 137 Å². The number of rotatable bonds is 3. The van der Waals surface area contributed by atoms with Gasteiger partial charge in [-0.15, -0.1) is 0 Å². The molecule has 0 bridgehead atoms. The van der Waals surface area contributed by atoms with Crippen LogP contribution in [-0.4, -0.2) is 25.6 Å². The molecule has 0 atom stereocenters. The zero-order chi connectivity index (χ0) is 15.5. The standard InChI is InChI=1S/C11H16ClN5O2S/c1-6(2)20(18,19)7-3-4-8(12)9(5-7)16-11(15)17-10(13)14/h3-6H,1-2H3,(H6,13,14,15,16,17). The summed E-state index contributed by atoms with van der Waals surface area (Å²) in [6.07, 6.45) is 0. The highest BCUT2D eigenvalue weighted by Crippen LogP contribution is 2.29. The van der Waals surface area contributed by atoms with Crippen LogP contribution < -0.4 is 17.2 Å². The van der Waals surface area contributed by atoms with Crippen LogP contribution in [0.3, 0.4) is 0 Å². The van der Waals surface area contributed by atoms with Gasteiger partial charge in [-0.25, -0.2) is 13.4 Å². The smallest absolute Gasteiger partial charge is 0.223 e. The molecule has 1 aromatic rings. The molecule has 0 aliphatic carbocycles. The molecule has 1 rings (SSSR count). The SMILES string of the molecule is CC(C)S(=O)(=O)c1ccc(Cl)c(N=C(N)N=C(N)N)c1. The maximum absolute atomic E-state index is 12.1. The monoisotopic (exact) mass is 317 g/mol. The molecule has 0 radical (unpaired) electrons. The number of nitrogens with zero attached hydrogens (tertiary/aromatic N) is 2. The molecule has 0 saturated carbocycles. The van der Waals surface area contributed by atoms with Gasteiger partial charge in [0.15, 0.2) is 15.8 Å². The number of sulfone groups is 1. The van der Waals surface area contributed by atoms with Gasteiger partial charge in [-0.2, -0.15) is 4.99 Å². The molecule has 0 aliphatic heterocycles. The van der Waals surface area contributed by atoms with Crippen molar-refractivity contribution in [3.05, 3.63) is 23.2 Å². The van der Waals surface area contributed by atoms with Crippen molar-refractivity contribution >= 4 is 39.0 Å². The van der Waals surface area contributed by atoms with E-state index in [0.717, 1.165) is 0 Å². The van der Waals surface area contributed by atoms with E-state index in [4.69, 9.17) is 28.8 Å². The molecule has 0 aromatic heterocycles. The first-order chi connectivity index (χ1) is 9.14. The lowest BCUT2D eigenvalue weighted by molar-refractivity contribution is 0.587. The van der Waals surface area contributed by atoms with Crippen LogP contribution >= 0.6 is 11.6 Å². The fraction of sp³-hybridized carbons (Fsp3) is 0.273. The Balaban J connectivity index is 3.34. The summed E-state index contributed by atoms with van der Waals surface area (Å²) >= 11 is 5.94. The first-order valence-electron chi connectivity index (χ1n) is 5.62. The predicted octanol–water partition coefficient (Wildman–Crippen LogP) is 0.742. The lowest BCUT2D eigenvalue weighted by Crippen LogP contribution is -2.26. The first-order valence-corrected chi connectivity index (χ1v) is 7.54. The minimum absolute atomic E-state index is 0.105. The zero-order valence-corrected chi connectivity index (χ0v) is 12.6. The third kappa shape index (κ3) is 3.84. The summed E-state index contributed by atoms with van der Waals surface area (Å²) in [6, 6.07) is 4.17. The summed E-state index contributed by atoms with van der Waals surface area (Å²) in [6.45, 7) is 3.17. The van der Waals surface area contributed by atoms with Crippen LogP contribution in [0, 0.1) is 0 Å². The summed E-state index contributed by atoms with van der Waals surface area (Å²) in [4.78, 5) is 7.52. The number of aliphatic imine (C=N–C) groups is 2. The Morgan fingerprint density at radius 3 is 2.35 bits per heavy atom. The Labute approximate surface area is 122 Å². The maximum atomic E-state index is 12.1. The summed E-state index contributed by atoms with van der Waals surface area (Å²) in [7, 11) is -3.43. The summed E-state index contributed by atoms with van der Waals surface area (Å²) in [5, 5.41) is -0.322. The second kappa shape index (κ2) is 6.10. The van der Waals surface area contributed by atoms with Crippen LogP contribution in [0.5, 0.6) is 0 Å². The van der Waals surface area contributed by atoms with E-state index in [1.165, 1.54) is 18.2 Å². The first kappa shape index (κ1) is 16.3. The van der Waals surface area contributed by atoms with Crippen molar-refractivity contribution in [2.75, 3.05) is 0 Å². The molecule has 0 fully saturated rings. The van der Waals surface area contributed by atoms with Crippen molar-refractivity contribution in [1.82, 2.24) is 0 Å². The Hall–Kier alpha value is -1.80. The molecule has 0 amide bonds. The number of hydrogen-bond acceptors (Lipinski definition) is 3. The van der Waals surface area contributed by atoms with Gasteiger partial charge in [0.05, 0.1) is 20.9 Å². The summed E-state index contributed by atoms with van der Waals surface area (Å²) in [5.41, 5.74) is 16.0. The van der Waals surface area contributed by atoms with Crippen LogP contribution in [0.1, 0.15) is 13.8 Å². The van der Waals surface area contributed by atoms with Crippen LogP contribution in [0.2, 0.25) is 5.02 Å². The van der Waals surface area contributed by atoms with Crippen molar-refractivity contribution < 1.29 is 8.42 Å². The van der Waals surface area contributed by atoms with E-state index < -0.39 is 15.1 Å². The molecule has 0 heterocycles. The minimum atomic E-state index is -3.43. The molecule has 1 aromatic carbocycles. The van der Waals surface area contributed by atoms with Gasteiger partial charge in [0.25, 0.3) is 0 Å². The highest BCUT2D eigenvalue weighted by molar-refractivity contribution is 7.92. The van der Waals surface area contributed by atoms with E-state index in [9.17, 15) is 8.42 Å². The Bertz CT molecular complexity index is 663. The lowest BCUT2D eigenvalue weighted by Gasteiger charge is -2.09. The fourth-order valence-corrected chi connectivity index (χ4v) is 2.55. The average molecular weight is 318 g/mol. The molecule has 0 spiro atoms. The third-order valence-electron chi connectivity index (χ3n) is 2.35. The summed E-state index contributed by atoms with van der Waals surface area (Å²) < 4.78 is 24.1. The van der Waals surface area contributed by atoms with Gasteiger partial charge >= 0.3 is 0 Å². The molecular formula is C11H16ClN5O2S. The van der Waals surface area contributed by atoms with Gasteiger partial charge in [-0.3, -0.25) is 0 Å². The zero-order valence-electron chi connectivity index (χ0n) is 11.0. The highest BCUT2D eigenvalue weighted by Gasteiger charge is 2.20. The van der Waals surface area contributed by atoms with Gasteiger partial charge < -0.3 is 17.2 Å². The van der Waals surface area contributed by atoms with Crippen molar-refractivity contribution in [3.8, 4) is 0 Å². The van der Waals surface area contributed by atoms with Gasteiger partial charge in [0.2, 0.25) is 5.96 Å².